The molecule has 1 atom stereocenters. The van der Waals surface area contributed by atoms with E-state index in [0.29, 0.717) is 22.0 Å². The third-order valence-corrected chi connectivity index (χ3v) is 6.04. The SMILES string of the molecule is COc1cc(C2CC(=O)Nc3nc(SCc4cccc(F)c4)[nH]c(=O)c32)cc(OC)c1O. The van der Waals surface area contributed by atoms with E-state index in [4.69, 9.17) is 9.47 Å². The van der Waals surface area contributed by atoms with E-state index in [9.17, 15) is 19.1 Å². The number of aromatic hydroxyl groups is 1. The van der Waals surface area contributed by atoms with Gasteiger partial charge in [-0.15, -0.1) is 0 Å². The second-order valence-corrected chi connectivity index (χ2v) is 8.09. The van der Waals surface area contributed by atoms with Crippen LogP contribution in [0.4, 0.5) is 10.2 Å². The molecule has 2 aromatic carbocycles. The predicted octanol–water partition coefficient (Wildman–Crippen LogP) is 3.40. The number of anilines is 1. The number of amides is 1. The van der Waals surface area contributed by atoms with E-state index < -0.39 is 11.5 Å². The number of aromatic amines is 1. The van der Waals surface area contributed by atoms with E-state index in [-0.39, 0.29) is 41.2 Å². The highest BCUT2D eigenvalue weighted by molar-refractivity contribution is 7.98. The van der Waals surface area contributed by atoms with Gasteiger partial charge < -0.3 is 24.9 Å². The Labute approximate surface area is 186 Å². The molecule has 0 radical (unpaired) electrons. The number of rotatable bonds is 6. The maximum Gasteiger partial charge on any atom is 0.257 e. The molecule has 10 heteroatoms. The van der Waals surface area contributed by atoms with Crippen LogP contribution in [0.1, 0.15) is 29.0 Å². The maximum absolute atomic E-state index is 13.4. The first-order chi connectivity index (χ1) is 15.4. The highest BCUT2D eigenvalue weighted by atomic mass is 32.2. The lowest BCUT2D eigenvalue weighted by atomic mass is 9.86. The van der Waals surface area contributed by atoms with E-state index >= 15 is 0 Å². The average Bonchev–Trinajstić information content (AvgIpc) is 2.77. The summed E-state index contributed by atoms with van der Waals surface area (Å²) in [6, 6.07) is 9.28. The van der Waals surface area contributed by atoms with E-state index in [1.807, 2.05) is 0 Å². The number of halogens is 1. The number of hydrogen-bond acceptors (Lipinski definition) is 7. The Morgan fingerprint density at radius 1 is 1.19 bits per heavy atom. The monoisotopic (exact) mass is 457 g/mol. The molecule has 8 nitrogen and oxygen atoms in total. The molecule has 1 aromatic heterocycles. The van der Waals surface area contributed by atoms with Crippen molar-refractivity contribution in [2.24, 2.45) is 0 Å². The quantitative estimate of drug-likeness (QED) is 0.384. The molecule has 0 saturated carbocycles. The summed E-state index contributed by atoms with van der Waals surface area (Å²) in [5.74, 6) is -0.531. The standard InChI is InChI=1S/C22H20FN3O5S/c1-30-15-7-12(8-16(31-2)19(15)28)14-9-17(27)24-20-18(14)21(29)26-22(25-20)32-10-11-4-3-5-13(23)6-11/h3-8,14,28H,9-10H2,1-2H3,(H2,24,25,26,27,29). The Kier molecular flexibility index (Phi) is 6.04. The molecule has 0 bridgehead atoms. The Balaban J connectivity index is 1.70. The molecule has 166 valence electrons. The minimum atomic E-state index is -0.610. The number of benzene rings is 2. The largest absolute Gasteiger partial charge is 0.502 e. The van der Waals surface area contributed by atoms with Gasteiger partial charge in [-0.1, -0.05) is 23.9 Å². The number of carbonyl (C=O) groups excluding carboxylic acids is 1. The normalized spacial score (nSPS) is 15.1. The number of aromatic nitrogens is 2. The highest BCUT2D eigenvalue weighted by Gasteiger charge is 2.32. The van der Waals surface area contributed by atoms with Crippen LogP contribution in [0.15, 0.2) is 46.3 Å². The van der Waals surface area contributed by atoms with Gasteiger partial charge in [0, 0.05) is 18.1 Å². The van der Waals surface area contributed by atoms with Crippen LogP contribution in [0.3, 0.4) is 0 Å². The smallest absolute Gasteiger partial charge is 0.257 e. The number of phenolic OH excluding ortho intramolecular Hbond substituents is 1. The van der Waals surface area contributed by atoms with Crippen molar-refractivity contribution in [2.75, 3.05) is 19.5 Å². The van der Waals surface area contributed by atoms with Crippen molar-refractivity contribution in [3.8, 4) is 17.2 Å². The van der Waals surface area contributed by atoms with Gasteiger partial charge in [0.15, 0.2) is 16.7 Å². The molecule has 32 heavy (non-hydrogen) atoms. The van der Waals surface area contributed by atoms with E-state index in [1.54, 1.807) is 24.3 Å². The summed E-state index contributed by atoms with van der Waals surface area (Å²) >= 11 is 1.22. The molecule has 1 aliphatic heterocycles. The fourth-order valence-electron chi connectivity index (χ4n) is 3.60. The van der Waals surface area contributed by atoms with Crippen molar-refractivity contribution in [3.05, 3.63) is 69.3 Å². The van der Waals surface area contributed by atoms with Gasteiger partial charge in [0.05, 0.1) is 19.8 Å². The third-order valence-electron chi connectivity index (χ3n) is 5.10. The number of methoxy groups -OCH3 is 2. The summed E-state index contributed by atoms with van der Waals surface area (Å²) in [5, 5.41) is 13.2. The Morgan fingerprint density at radius 3 is 2.56 bits per heavy atom. The average molecular weight is 457 g/mol. The number of thioether (sulfide) groups is 1. The van der Waals surface area contributed by atoms with Crippen molar-refractivity contribution < 1.29 is 23.8 Å². The Morgan fingerprint density at radius 2 is 1.91 bits per heavy atom. The highest BCUT2D eigenvalue weighted by Crippen LogP contribution is 2.43. The second-order valence-electron chi connectivity index (χ2n) is 7.13. The molecule has 0 spiro atoms. The summed E-state index contributed by atoms with van der Waals surface area (Å²) in [6.45, 7) is 0. The van der Waals surface area contributed by atoms with Gasteiger partial charge in [-0.25, -0.2) is 9.37 Å². The zero-order valence-electron chi connectivity index (χ0n) is 17.3. The van der Waals surface area contributed by atoms with Crippen LogP contribution in [0, 0.1) is 5.82 Å². The van der Waals surface area contributed by atoms with Gasteiger partial charge in [-0.2, -0.15) is 0 Å². The van der Waals surface area contributed by atoms with E-state index in [2.05, 4.69) is 15.3 Å². The minimum absolute atomic E-state index is 0.0185. The zero-order valence-corrected chi connectivity index (χ0v) is 18.1. The van der Waals surface area contributed by atoms with Gasteiger partial charge >= 0.3 is 0 Å². The van der Waals surface area contributed by atoms with Crippen LogP contribution in [-0.2, 0) is 10.5 Å². The summed E-state index contributed by atoms with van der Waals surface area (Å²) in [6.07, 6.45) is 0.0185. The van der Waals surface area contributed by atoms with Gasteiger partial charge in [0.25, 0.3) is 5.56 Å². The van der Waals surface area contributed by atoms with Crippen LogP contribution in [0.2, 0.25) is 0 Å². The van der Waals surface area contributed by atoms with Gasteiger partial charge in [0.2, 0.25) is 11.7 Å². The summed E-state index contributed by atoms with van der Waals surface area (Å²) in [4.78, 5) is 32.5. The third kappa shape index (κ3) is 4.26. The molecule has 1 unspecified atom stereocenters. The van der Waals surface area contributed by atoms with E-state index in [0.717, 1.165) is 5.56 Å². The number of fused-ring (bicyclic) bond motifs is 1. The van der Waals surface area contributed by atoms with Gasteiger partial charge in [-0.3, -0.25) is 9.59 Å². The van der Waals surface area contributed by atoms with Crippen molar-refractivity contribution in [2.45, 2.75) is 23.2 Å². The first-order valence-electron chi connectivity index (χ1n) is 9.65. The van der Waals surface area contributed by atoms with Crippen LogP contribution in [0.5, 0.6) is 17.2 Å². The topological polar surface area (TPSA) is 114 Å². The lowest BCUT2D eigenvalue weighted by Crippen LogP contribution is -2.31. The molecule has 2 heterocycles. The van der Waals surface area contributed by atoms with Crippen LogP contribution in [-0.4, -0.2) is 35.2 Å². The number of H-pyrrole nitrogens is 1. The second kappa shape index (κ2) is 8.91. The summed E-state index contributed by atoms with van der Waals surface area (Å²) in [7, 11) is 2.80. The molecule has 3 aromatic rings. The fraction of sp³-hybridized carbons (Fsp3) is 0.227. The van der Waals surface area contributed by atoms with Crippen molar-refractivity contribution >= 4 is 23.5 Å². The van der Waals surface area contributed by atoms with Crippen molar-refractivity contribution in [3.63, 3.8) is 0 Å². The molecule has 1 amide bonds. The summed E-state index contributed by atoms with van der Waals surface area (Å²) in [5.41, 5.74) is 1.21. The summed E-state index contributed by atoms with van der Waals surface area (Å²) < 4.78 is 23.8. The lowest BCUT2D eigenvalue weighted by Gasteiger charge is -2.25. The molecule has 4 rings (SSSR count). The number of phenols is 1. The minimum Gasteiger partial charge on any atom is -0.502 e. The molecule has 3 N–H and O–H groups in total. The predicted molar refractivity (Wildman–Crippen MR) is 117 cm³/mol. The number of ether oxygens (including phenoxy) is 2. The van der Waals surface area contributed by atoms with E-state index in [1.165, 1.54) is 38.1 Å². The molecular weight excluding hydrogens is 437 g/mol. The van der Waals surface area contributed by atoms with Crippen LogP contribution >= 0.6 is 11.8 Å². The Hall–Kier alpha value is -3.53. The molecule has 0 aliphatic carbocycles. The number of carbonyl (C=O) groups is 1. The molecule has 1 aliphatic rings. The Bertz CT molecular complexity index is 1220. The molecular formula is C22H20FN3O5S. The molecule has 0 saturated heterocycles. The van der Waals surface area contributed by atoms with Gasteiger partial charge in [-0.05, 0) is 35.4 Å². The van der Waals surface area contributed by atoms with Crippen LogP contribution in [0.25, 0.3) is 0 Å². The number of nitrogens with one attached hydrogen (secondary N) is 2. The first kappa shape index (κ1) is 21.7. The fourth-order valence-corrected chi connectivity index (χ4v) is 4.40. The first-order valence-corrected chi connectivity index (χ1v) is 10.6. The maximum atomic E-state index is 13.4. The van der Waals surface area contributed by atoms with Gasteiger partial charge in [0.1, 0.15) is 11.6 Å². The zero-order chi connectivity index (χ0) is 22.8. The number of hydrogen-bond donors (Lipinski definition) is 3. The molecule has 0 fully saturated rings. The lowest BCUT2D eigenvalue weighted by molar-refractivity contribution is -0.116. The van der Waals surface area contributed by atoms with Crippen molar-refractivity contribution in [1.29, 1.82) is 0 Å². The van der Waals surface area contributed by atoms with Crippen LogP contribution < -0.4 is 20.3 Å². The number of nitrogens with zero attached hydrogens (tertiary/aromatic N) is 1. The van der Waals surface area contributed by atoms with Crippen molar-refractivity contribution in [1.82, 2.24) is 9.97 Å².